The number of carbonyl (C=O) groups is 1. The van der Waals surface area contributed by atoms with Crippen LogP contribution in [0, 0.1) is 6.92 Å². The second-order valence-corrected chi connectivity index (χ2v) is 7.48. The van der Waals surface area contributed by atoms with Gasteiger partial charge in [-0.1, -0.05) is 5.16 Å². The first kappa shape index (κ1) is 18.4. The molecule has 152 valence electrons. The number of hydrogen-bond donors (Lipinski definition) is 1. The van der Waals surface area contributed by atoms with Crippen molar-refractivity contribution in [1.82, 2.24) is 29.6 Å². The molecule has 1 atom stereocenters. The lowest BCUT2D eigenvalue weighted by Gasteiger charge is -2.15. The maximum Gasteiger partial charge on any atom is 0.270 e. The molecule has 1 aliphatic rings. The van der Waals surface area contributed by atoms with Gasteiger partial charge in [-0.3, -0.25) is 14.8 Å². The van der Waals surface area contributed by atoms with Crippen LogP contribution in [0.4, 0.5) is 0 Å². The van der Waals surface area contributed by atoms with Crippen molar-refractivity contribution in [3.05, 3.63) is 48.2 Å². The molecule has 9 nitrogen and oxygen atoms in total. The van der Waals surface area contributed by atoms with Gasteiger partial charge in [0.15, 0.2) is 0 Å². The molecule has 0 bridgehead atoms. The maximum absolute atomic E-state index is 12.9. The number of aryl methyl sites for hydroxylation is 2. The van der Waals surface area contributed by atoms with Gasteiger partial charge in [0.1, 0.15) is 5.69 Å². The van der Waals surface area contributed by atoms with Crippen molar-refractivity contribution < 1.29 is 14.4 Å². The lowest BCUT2D eigenvalue weighted by molar-refractivity contribution is 0.0756. The van der Waals surface area contributed by atoms with Crippen LogP contribution in [0.5, 0.6) is 0 Å². The zero-order chi connectivity index (χ0) is 20.8. The molecule has 5 heterocycles. The predicted molar refractivity (Wildman–Crippen MR) is 109 cm³/mol. The summed E-state index contributed by atoms with van der Waals surface area (Å²) in [6, 6.07) is 7.45. The van der Waals surface area contributed by atoms with Crippen LogP contribution < -0.4 is 0 Å². The smallest absolute Gasteiger partial charge is 0.270 e. The average molecular weight is 404 g/mol. The minimum absolute atomic E-state index is 0.0839. The van der Waals surface area contributed by atoms with Gasteiger partial charge < -0.3 is 19.1 Å². The minimum Gasteiger partial charge on any atom is -0.391 e. The largest absolute Gasteiger partial charge is 0.391 e. The quantitative estimate of drug-likeness (QED) is 0.557. The summed E-state index contributed by atoms with van der Waals surface area (Å²) in [4.78, 5) is 27.8. The lowest BCUT2D eigenvalue weighted by atomic mass is 10.1. The number of aromatic nitrogens is 5. The molecule has 0 radical (unpaired) electrons. The Kier molecular flexibility index (Phi) is 4.32. The van der Waals surface area contributed by atoms with Gasteiger partial charge in [0.2, 0.25) is 11.7 Å². The standard InChI is InChI=1S/C21H20N6O3/c1-12-24-20(25-30-12)13-3-5-22-16(7-13)17-8-14-9-18(26(2)19(14)10-23-17)21(29)27-6-4-15(28)11-27/h3,5,7-10,15,28H,4,6,11H2,1-2H3/t15-/m1/s1. The van der Waals surface area contributed by atoms with Crippen molar-refractivity contribution in [3.63, 3.8) is 0 Å². The molecule has 0 aromatic carbocycles. The Morgan fingerprint density at radius 2 is 2.07 bits per heavy atom. The summed E-state index contributed by atoms with van der Waals surface area (Å²) in [5.74, 6) is 0.909. The predicted octanol–water partition coefficient (Wildman–Crippen LogP) is 2.20. The number of pyridine rings is 2. The van der Waals surface area contributed by atoms with E-state index in [9.17, 15) is 9.90 Å². The molecular formula is C21H20N6O3. The van der Waals surface area contributed by atoms with E-state index in [1.165, 1.54) is 0 Å². The van der Waals surface area contributed by atoms with Crippen molar-refractivity contribution >= 4 is 16.8 Å². The molecule has 30 heavy (non-hydrogen) atoms. The summed E-state index contributed by atoms with van der Waals surface area (Å²) in [5, 5.41) is 14.6. The number of fused-ring (bicyclic) bond motifs is 1. The fourth-order valence-corrected chi connectivity index (χ4v) is 3.79. The first-order valence-electron chi connectivity index (χ1n) is 9.69. The third-order valence-corrected chi connectivity index (χ3v) is 5.41. The van der Waals surface area contributed by atoms with Crippen LogP contribution in [0.15, 0.2) is 41.2 Å². The minimum atomic E-state index is -0.446. The van der Waals surface area contributed by atoms with E-state index in [1.807, 2.05) is 35.9 Å². The van der Waals surface area contributed by atoms with E-state index in [4.69, 9.17) is 4.52 Å². The molecule has 5 rings (SSSR count). The zero-order valence-corrected chi connectivity index (χ0v) is 16.6. The molecule has 9 heteroatoms. The topological polar surface area (TPSA) is 110 Å². The molecule has 0 unspecified atom stereocenters. The number of hydrogen-bond acceptors (Lipinski definition) is 7. The number of rotatable bonds is 3. The Morgan fingerprint density at radius 1 is 1.23 bits per heavy atom. The number of carbonyl (C=O) groups excluding carboxylic acids is 1. The third kappa shape index (κ3) is 3.13. The highest BCUT2D eigenvalue weighted by atomic mass is 16.5. The number of aliphatic hydroxyl groups is 1. The molecule has 0 saturated carbocycles. The Labute approximate surface area is 172 Å². The molecule has 1 fully saturated rings. The molecule has 1 amide bonds. The van der Waals surface area contributed by atoms with E-state index in [2.05, 4.69) is 20.1 Å². The number of amides is 1. The van der Waals surface area contributed by atoms with E-state index in [1.54, 1.807) is 24.2 Å². The summed E-state index contributed by atoms with van der Waals surface area (Å²) in [6.07, 6.45) is 3.59. The summed E-state index contributed by atoms with van der Waals surface area (Å²) in [5.41, 5.74) is 3.58. The fourth-order valence-electron chi connectivity index (χ4n) is 3.79. The SMILES string of the molecule is Cc1nc(-c2ccnc(-c3cc4cc(C(=O)N5CC[C@@H](O)C5)n(C)c4cn3)c2)no1. The molecular weight excluding hydrogens is 384 g/mol. The maximum atomic E-state index is 12.9. The lowest BCUT2D eigenvalue weighted by Crippen LogP contribution is -2.30. The summed E-state index contributed by atoms with van der Waals surface area (Å²) in [7, 11) is 1.85. The summed E-state index contributed by atoms with van der Waals surface area (Å²) >= 11 is 0. The van der Waals surface area contributed by atoms with Crippen molar-refractivity contribution in [1.29, 1.82) is 0 Å². The van der Waals surface area contributed by atoms with Crippen LogP contribution in [-0.4, -0.2) is 59.8 Å². The molecule has 1 aliphatic heterocycles. The van der Waals surface area contributed by atoms with Gasteiger partial charge in [-0.25, -0.2) is 0 Å². The van der Waals surface area contributed by atoms with Gasteiger partial charge in [-0.15, -0.1) is 0 Å². The zero-order valence-electron chi connectivity index (χ0n) is 16.6. The van der Waals surface area contributed by atoms with Crippen molar-refractivity contribution in [2.24, 2.45) is 7.05 Å². The van der Waals surface area contributed by atoms with Crippen LogP contribution >= 0.6 is 0 Å². The fraction of sp³-hybridized carbons (Fsp3) is 0.286. The Bertz CT molecular complexity index is 1260. The van der Waals surface area contributed by atoms with E-state index >= 15 is 0 Å². The number of nitrogens with zero attached hydrogens (tertiary/aromatic N) is 6. The van der Waals surface area contributed by atoms with Gasteiger partial charge in [-0.05, 0) is 30.7 Å². The first-order valence-corrected chi connectivity index (χ1v) is 9.69. The van der Waals surface area contributed by atoms with Gasteiger partial charge in [0.25, 0.3) is 5.91 Å². The van der Waals surface area contributed by atoms with E-state index < -0.39 is 6.10 Å². The molecule has 4 aromatic rings. The normalized spacial score (nSPS) is 16.5. The second-order valence-electron chi connectivity index (χ2n) is 7.48. The average Bonchev–Trinajstić information content (AvgIpc) is 3.46. The Balaban J connectivity index is 1.51. The van der Waals surface area contributed by atoms with E-state index in [0.29, 0.717) is 48.3 Å². The summed E-state index contributed by atoms with van der Waals surface area (Å²) < 4.78 is 6.90. The van der Waals surface area contributed by atoms with Crippen LogP contribution in [0.2, 0.25) is 0 Å². The highest BCUT2D eigenvalue weighted by Crippen LogP contribution is 2.26. The molecule has 0 spiro atoms. The second kappa shape index (κ2) is 7.03. The van der Waals surface area contributed by atoms with E-state index in [0.717, 1.165) is 16.5 Å². The highest BCUT2D eigenvalue weighted by molar-refractivity contribution is 5.99. The molecule has 0 aliphatic carbocycles. The van der Waals surface area contributed by atoms with E-state index in [-0.39, 0.29) is 5.91 Å². The van der Waals surface area contributed by atoms with Crippen molar-refractivity contribution in [2.45, 2.75) is 19.4 Å². The van der Waals surface area contributed by atoms with Crippen molar-refractivity contribution in [3.8, 4) is 22.8 Å². The third-order valence-electron chi connectivity index (χ3n) is 5.41. The van der Waals surface area contributed by atoms with Gasteiger partial charge >= 0.3 is 0 Å². The Hall–Kier alpha value is -3.59. The van der Waals surface area contributed by atoms with Crippen LogP contribution in [-0.2, 0) is 7.05 Å². The first-order chi connectivity index (χ1) is 14.5. The van der Waals surface area contributed by atoms with Crippen LogP contribution in [0.1, 0.15) is 22.8 Å². The number of β-amino-alcohol motifs (C(OH)–C–C–N with tert-alkyl or cyclic N) is 1. The summed E-state index contributed by atoms with van der Waals surface area (Å²) in [6.45, 7) is 2.68. The van der Waals surface area contributed by atoms with Crippen LogP contribution in [0.3, 0.4) is 0 Å². The van der Waals surface area contributed by atoms with Gasteiger partial charge in [0, 0.05) is 44.2 Å². The number of aliphatic hydroxyl groups excluding tert-OH is 1. The monoisotopic (exact) mass is 404 g/mol. The molecule has 1 saturated heterocycles. The van der Waals surface area contributed by atoms with Crippen LogP contribution in [0.25, 0.3) is 33.7 Å². The van der Waals surface area contributed by atoms with Crippen molar-refractivity contribution in [2.75, 3.05) is 13.1 Å². The van der Waals surface area contributed by atoms with Gasteiger partial charge in [0.05, 0.1) is 29.2 Å². The number of likely N-dealkylation sites (tertiary alicyclic amines) is 1. The van der Waals surface area contributed by atoms with Gasteiger partial charge in [-0.2, -0.15) is 4.98 Å². The molecule has 1 N–H and O–H groups in total. The molecule has 4 aromatic heterocycles. The Morgan fingerprint density at radius 3 is 2.80 bits per heavy atom. The highest BCUT2D eigenvalue weighted by Gasteiger charge is 2.27.